The molecule has 1 fully saturated rings. The quantitative estimate of drug-likeness (QED) is 0.512. The van der Waals surface area contributed by atoms with Gasteiger partial charge < -0.3 is 20.3 Å². The molecule has 27 heavy (non-hydrogen) atoms. The number of nitrogens with one attached hydrogen (secondary N) is 2. The zero-order valence-corrected chi connectivity index (χ0v) is 17.8. The summed E-state index contributed by atoms with van der Waals surface area (Å²) in [5.74, 6) is 2.55. The van der Waals surface area contributed by atoms with Crippen molar-refractivity contribution in [3.63, 3.8) is 0 Å². The van der Waals surface area contributed by atoms with Crippen molar-refractivity contribution in [1.82, 2.24) is 15.5 Å². The van der Waals surface area contributed by atoms with Crippen molar-refractivity contribution in [2.75, 3.05) is 32.7 Å². The molecule has 0 amide bonds. The number of benzene rings is 1. The van der Waals surface area contributed by atoms with Crippen LogP contribution in [-0.2, 0) is 6.54 Å². The molecule has 5 nitrogen and oxygen atoms in total. The first-order valence-corrected chi connectivity index (χ1v) is 10.6. The van der Waals surface area contributed by atoms with Crippen molar-refractivity contribution in [2.45, 2.75) is 60.1 Å². The Hall–Kier alpha value is -1.75. The van der Waals surface area contributed by atoms with E-state index in [4.69, 9.17) is 9.73 Å². The highest BCUT2D eigenvalue weighted by Crippen LogP contribution is 2.23. The van der Waals surface area contributed by atoms with Crippen LogP contribution in [0, 0.1) is 12.8 Å². The third-order valence-corrected chi connectivity index (χ3v) is 5.25. The Morgan fingerprint density at radius 3 is 2.78 bits per heavy atom. The monoisotopic (exact) mass is 374 g/mol. The summed E-state index contributed by atoms with van der Waals surface area (Å²) < 4.78 is 6.12. The second-order valence-electron chi connectivity index (χ2n) is 7.57. The van der Waals surface area contributed by atoms with Crippen LogP contribution in [0.2, 0.25) is 0 Å². The highest BCUT2D eigenvalue weighted by Gasteiger charge is 2.21. The first kappa shape index (κ1) is 21.5. The number of hydrogen-bond donors (Lipinski definition) is 2. The lowest BCUT2D eigenvalue weighted by atomic mass is 10.1. The van der Waals surface area contributed by atoms with Crippen LogP contribution in [0.1, 0.15) is 51.7 Å². The van der Waals surface area contributed by atoms with Gasteiger partial charge in [0.25, 0.3) is 0 Å². The lowest BCUT2D eigenvalue weighted by Gasteiger charge is -2.18. The largest absolute Gasteiger partial charge is 0.490 e. The highest BCUT2D eigenvalue weighted by atomic mass is 16.5. The smallest absolute Gasteiger partial charge is 0.191 e. The van der Waals surface area contributed by atoms with Gasteiger partial charge in [0.1, 0.15) is 5.75 Å². The maximum Gasteiger partial charge on any atom is 0.191 e. The van der Waals surface area contributed by atoms with E-state index in [1.807, 2.05) is 0 Å². The van der Waals surface area contributed by atoms with Gasteiger partial charge in [-0.2, -0.15) is 0 Å². The van der Waals surface area contributed by atoms with Gasteiger partial charge in [-0.3, -0.25) is 0 Å². The number of hydrogen-bond acceptors (Lipinski definition) is 3. The van der Waals surface area contributed by atoms with Gasteiger partial charge in [-0.15, -0.1) is 0 Å². The Balaban J connectivity index is 1.99. The second kappa shape index (κ2) is 11.2. The molecule has 0 radical (unpaired) electrons. The van der Waals surface area contributed by atoms with Crippen molar-refractivity contribution in [2.24, 2.45) is 10.9 Å². The lowest BCUT2D eigenvalue weighted by Crippen LogP contribution is -2.40. The van der Waals surface area contributed by atoms with Crippen molar-refractivity contribution >= 4 is 5.96 Å². The fraction of sp³-hybridized carbons (Fsp3) is 0.682. The van der Waals surface area contributed by atoms with Gasteiger partial charge in [-0.1, -0.05) is 26.0 Å². The van der Waals surface area contributed by atoms with E-state index >= 15 is 0 Å². The molecular formula is C22H38N4O. The molecule has 1 heterocycles. The molecule has 2 rings (SSSR count). The molecule has 152 valence electrons. The molecule has 1 saturated heterocycles. The first-order valence-electron chi connectivity index (χ1n) is 10.6. The SMILES string of the molecule is CCNC(=NCc1ccc(C)cc1OC(C)CC)NCC1CCN(CC)C1. The third kappa shape index (κ3) is 7.06. The molecule has 0 aromatic heterocycles. The summed E-state index contributed by atoms with van der Waals surface area (Å²) in [7, 11) is 0. The number of nitrogens with zero attached hydrogens (tertiary/aromatic N) is 2. The van der Waals surface area contributed by atoms with E-state index < -0.39 is 0 Å². The van der Waals surface area contributed by atoms with Crippen LogP contribution in [0.5, 0.6) is 5.75 Å². The molecule has 1 aliphatic heterocycles. The van der Waals surface area contributed by atoms with Gasteiger partial charge in [0.2, 0.25) is 0 Å². The summed E-state index contributed by atoms with van der Waals surface area (Å²) in [6.45, 7) is 16.7. The number of ether oxygens (including phenoxy) is 1. The minimum Gasteiger partial charge on any atom is -0.490 e. The van der Waals surface area contributed by atoms with E-state index in [1.165, 1.54) is 25.1 Å². The van der Waals surface area contributed by atoms with E-state index in [2.05, 4.69) is 68.4 Å². The minimum atomic E-state index is 0.213. The van der Waals surface area contributed by atoms with Crippen LogP contribution in [0.15, 0.2) is 23.2 Å². The summed E-state index contributed by atoms with van der Waals surface area (Å²) in [6.07, 6.45) is 2.48. The molecule has 2 atom stereocenters. The fourth-order valence-electron chi connectivity index (χ4n) is 3.32. The summed E-state index contributed by atoms with van der Waals surface area (Å²) in [4.78, 5) is 7.32. The highest BCUT2D eigenvalue weighted by molar-refractivity contribution is 5.79. The number of likely N-dealkylation sites (tertiary alicyclic amines) is 1. The number of aliphatic imine (C=N–C) groups is 1. The number of aryl methyl sites for hydroxylation is 1. The predicted molar refractivity (Wildman–Crippen MR) is 115 cm³/mol. The fourth-order valence-corrected chi connectivity index (χ4v) is 3.32. The molecule has 0 saturated carbocycles. The predicted octanol–water partition coefficient (Wildman–Crippen LogP) is 3.57. The maximum absolute atomic E-state index is 6.12. The van der Waals surface area contributed by atoms with Crippen LogP contribution < -0.4 is 15.4 Å². The first-order chi connectivity index (χ1) is 13.0. The van der Waals surface area contributed by atoms with Gasteiger partial charge in [0, 0.05) is 25.2 Å². The molecule has 0 spiro atoms. The molecule has 0 aliphatic carbocycles. The van der Waals surface area contributed by atoms with Crippen LogP contribution in [0.25, 0.3) is 0 Å². The van der Waals surface area contributed by atoms with Gasteiger partial charge in [0.15, 0.2) is 5.96 Å². The van der Waals surface area contributed by atoms with Gasteiger partial charge in [-0.25, -0.2) is 4.99 Å². The Morgan fingerprint density at radius 1 is 1.30 bits per heavy atom. The second-order valence-corrected chi connectivity index (χ2v) is 7.57. The minimum absolute atomic E-state index is 0.213. The number of rotatable bonds is 9. The van der Waals surface area contributed by atoms with E-state index in [0.717, 1.165) is 43.3 Å². The molecule has 1 aliphatic rings. The molecule has 2 unspecified atom stereocenters. The molecule has 2 N–H and O–H groups in total. The molecule has 1 aromatic rings. The normalized spacial score (nSPS) is 19.1. The zero-order valence-electron chi connectivity index (χ0n) is 17.8. The van der Waals surface area contributed by atoms with Crippen molar-refractivity contribution in [1.29, 1.82) is 0 Å². The van der Waals surface area contributed by atoms with Crippen LogP contribution in [0.3, 0.4) is 0 Å². The Kier molecular flexibility index (Phi) is 8.92. The summed E-state index contributed by atoms with van der Waals surface area (Å²) in [5, 5.41) is 6.90. The zero-order chi connectivity index (χ0) is 19.6. The van der Waals surface area contributed by atoms with Crippen LogP contribution >= 0.6 is 0 Å². The Labute approximate surface area is 165 Å². The molecular weight excluding hydrogens is 336 g/mol. The summed E-state index contributed by atoms with van der Waals surface area (Å²) in [6, 6.07) is 6.39. The Bertz CT molecular complexity index is 602. The summed E-state index contributed by atoms with van der Waals surface area (Å²) in [5.41, 5.74) is 2.35. The van der Waals surface area contributed by atoms with Gasteiger partial charge >= 0.3 is 0 Å². The van der Waals surface area contributed by atoms with Gasteiger partial charge in [-0.05, 0) is 64.3 Å². The summed E-state index contributed by atoms with van der Waals surface area (Å²) >= 11 is 0. The van der Waals surface area contributed by atoms with Crippen LogP contribution in [0.4, 0.5) is 0 Å². The average Bonchev–Trinajstić information content (AvgIpc) is 3.13. The van der Waals surface area contributed by atoms with Crippen LogP contribution in [-0.4, -0.2) is 49.7 Å². The third-order valence-electron chi connectivity index (χ3n) is 5.25. The van der Waals surface area contributed by atoms with Crippen molar-refractivity contribution < 1.29 is 4.74 Å². The van der Waals surface area contributed by atoms with Gasteiger partial charge in [0.05, 0.1) is 12.6 Å². The molecule has 0 bridgehead atoms. The number of guanidine groups is 1. The molecule has 5 heteroatoms. The average molecular weight is 375 g/mol. The standard InChI is InChI=1S/C22H38N4O/c1-6-18(5)27-21-13-17(4)9-10-20(21)15-25-22(23-7-2)24-14-19-11-12-26(8-3)16-19/h9-10,13,18-19H,6-8,11-12,14-16H2,1-5H3,(H2,23,24,25). The molecule has 1 aromatic carbocycles. The van der Waals surface area contributed by atoms with Crippen molar-refractivity contribution in [3.05, 3.63) is 29.3 Å². The van der Waals surface area contributed by atoms with E-state index in [9.17, 15) is 0 Å². The Morgan fingerprint density at radius 2 is 2.11 bits per heavy atom. The topological polar surface area (TPSA) is 48.9 Å². The van der Waals surface area contributed by atoms with E-state index in [0.29, 0.717) is 12.5 Å². The van der Waals surface area contributed by atoms with E-state index in [1.54, 1.807) is 0 Å². The lowest BCUT2D eigenvalue weighted by molar-refractivity contribution is 0.215. The van der Waals surface area contributed by atoms with E-state index in [-0.39, 0.29) is 6.10 Å². The van der Waals surface area contributed by atoms with Crippen molar-refractivity contribution in [3.8, 4) is 5.75 Å². The maximum atomic E-state index is 6.12.